The molecule has 5 heteroatoms. The van der Waals surface area contributed by atoms with Gasteiger partial charge in [0.15, 0.2) is 0 Å². The zero-order valence-electron chi connectivity index (χ0n) is 40.6. The predicted octanol–water partition coefficient (Wildman–Crippen LogP) is 16.7. The molecule has 338 valence electrons. The minimum Gasteiger partial charge on any atom is -0.495 e. The minimum atomic E-state index is -0.381. The molecule has 0 spiro atoms. The monoisotopic (exact) mass is 836 g/mol. The van der Waals surface area contributed by atoms with Gasteiger partial charge in [0.05, 0.1) is 19.2 Å². The van der Waals surface area contributed by atoms with Crippen molar-refractivity contribution in [2.24, 2.45) is 0 Å². The quantitative estimate of drug-likeness (QED) is 0.0598. The van der Waals surface area contributed by atoms with Gasteiger partial charge < -0.3 is 14.8 Å². The smallest absolute Gasteiger partial charge is 0.306 e. The molecule has 0 aromatic heterocycles. The fraction of sp³-hybridized carbons (Fsp3) is 0.536. The Bertz CT molecular complexity index is 1730. The normalized spacial score (nSPS) is 13.7. The van der Waals surface area contributed by atoms with Crippen LogP contribution in [0.1, 0.15) is 185 Å². The first-order valence-corrected chi connectivity index (χ1v) is 23.1. The molecule has 1 rings (SSSR count). The van der Waals surface area contributed by atoms with E-state index in [9.17, 15) is 9.59 Å². The second-order valence-corrected chi connectivity index (χ2v) is 17.4. The van der Waals surface area contributed by atoms with Gasteiger partial charge in [0.2, 0.25) is 5.91 Å². The number of allylic oxidation sites excluding steroid dienone is 17. The van der Waals surface area contributed by atoms with Crippen molar-refractivity contribution < 1.29 is 19.1 Å². The maximum atomic E-state index is 12.2. The number of ether oxygens (including phenoxy) is 2. The van der Waals surface area contributed by atoms with Gasteiger partial charge in [0.25, 0.3) is 0 Å². The number of esters is 1. The van der Waals surface area contributed by atoms with E-state index in [0.717, 1.165) is 89.9 Å². The summed E-state index contributed by atoms with van der Waals surface area (Å²) < 4.78 is 10.6. The Hall–Kier alpha value is -4.38. The summed E-state index contributed by atoms with van der Waals surface area (Å²) in [5, 5.41) is 2.78. The first kappa shape index (κ1) is 54.6. The summed E-state index contributed by atoms with van der Waals surface area (Å²) in [5.74, 6) is -0.0530. The zero-order valence-corrected chi connectivity index (χ0v) is 40.6. The molecule has 61 heavy (non-hydrogen) atoms. The van der Waals surface area contributed by atoms with Crippen LogP contribution < -0.4 is 10.1 Å². The molecule has 0 aliphatic carbocycles. The molecule has 0 heterocycles. The molecular formula is C56H85NO4. The number of methoxy groups -OCH3 is 1. The van der Waals surface area contributed by atoms with Crippen molar-refractivity contribution >= 4 is 17.6 Å². The van der Waals surface area contributed by atoms with Crippen molar-refractivity contribution in [2.75, 3.05) is 19.0 Å². The molecule has 1 aromatic carbocycles. The van der Waals surface area contributed by atoms with E-state index in [2.05, 4.69) is 123 Å². The Kier molecular flexibility index (Phi) is 30.7. The van der Waals surface area contributed by atoms with Crippen molar-refractivity contribution in [2.45, 2.75) is 185 Å². The van der Waals surface area contributed by atoms with E-state index in [1.165, 1.54) is 63.0 Å². The Morgan fingerprint density at radius 3 is 1.11 bits per heavy atom. The molecule has 0 saturated heterocycles. The molecule has 1 aromatic rings. The standard InChI is InChI=1S/C56H85NO4/c1-44(2)22-14-23-45(3)24-15-25-46(4)26-16-27-47(5)28-17-29-48(6)30-18-31-49(7)32-19-33-50(8)34-20-35-51(9)36-21-37-52(10)42-43-61-56(59)41-40-55(58)57-53-38-12-13-39-54(53)60-11/h12-13,22,24,26,28,30,32,34,36,38-39,42H,14-21,23,25,27,29,31,33,35,37,40-41,43H2,1-11H3,(H,57,58)/b45-24+,46-26+,47-28+,48-30+,49-32+,50-34+,51-36+,52-42+. The fourth-order valence-corrected chi connectivity index (χ4v) is 6.75. The Morgan fingerprint density at radius 1 is 0.443 bits per heavy atom. The van der Waals surface area contributed by atoms with Crippen LogP contribution in [0, 0.1) is 0 Å². The molecule has 1 amide bonds. The Balaban J connectivity index is 2.22. The van der Waals surface area contributed by atoms with Gasteiger partial charge in [-0.15, -0.1) is 0 Å². The highest BCUT2D eigenvalue weighted by molar-refractivity contribution is 5.93. The maximum Gasteiger partial charge on any atom is 0.306 e. The summed E-state index contributed by atoms with van der Waals surface area (Å²) in [6.07, 6.45) is 39.1. The zero-order chi connectivity index (χ0) is 45.3. The molecular weight excluding hydrogens is 751 g/mol. The number of anilines is 1. The molecule has 0 fully saturated rings. The molecule has 0 atom stereocenters. The molecule has 0 saturated carbocycles. The third-order valence-electron chi connectivity index (χ3n) is 10.9. The number of carbonyl (C=O) groups is 2. The van der Waals surface area contributed by atoms with Crippen molar-refractivity contribution in [3.63, 3.8) is 0 Å². The largest absolute Gasteiger partial charge is 0.495 e. The number of amides is 1. The van der Waals surface area contributed by atoms with Gasteiger partial charge >= 0.3 is 5.97 Å². The van der Waals surface area contributed by atoms with Gasteiger partial charge in [0.1, 0.15) is 12.4 Å². The van der Waals surface area contributed by atoms with E-state index >= 15 is 0 Å². The number of hydrogen-bond acceptors (Lipinski definition) is 4. The summed E-state index contributed by atoms with van der Waals surface area (Å²) in [5.41, 5.74) is 13.6. The highest BCUT2D eigenvalue weighted by Crippen LogP contribution is 2.23. The van der Waals surface area contributed by atoms with E-state index in [4.69, 9.17) is 9.47 Å². The maximum absolute atomic E-state index is 12.2. The fourth-order valence-electron chi connectivity index (χ4n) is 6.75. The van der Waals surface area contributed by atoms with Crippen LogP contribution in [0.15, 0.2) is 129 Å². The Morgan fingerprint density at radius 2 is 0.770 bits per heavy atom. The van der Waals surface area contributed by atoms with E-state index in [1.54, 1.807) is 19.2 Å². The summed E-state index contributed by atoms with van der Waals surface area (Å²) >= 11 is 0. The lowest BCUT2D eigenvalue weighted by Crippen LogP contribution is -2.15. The molecule has 0 radical (unpaired) electrons. The van der Waals surface area contributed by atoms with Crippen LogP contribution in [0.4, 0.5) is 5.69 Å². The van der Waals surface area contributed by atoms with E-state index in [1.807, 2.05) is 18.2 Å². The van der Waals surface area contributed by atoms with Gasteiger partial charge in [-0.05, 0) is 190 Å². The minimum absolute atomic E-state index is 0.0341. The van der Waals surface area contributed by atoms with Crippen molar-refractivity contribution in [1.82, 2.24) is 0 Å². The number of nitrogens with one attached hydrogen (secondary N) is 1. The number of hydrogen-bond donors (Lipinski definition) is 1. The van der Waals surface area contributed by atoms with Crippen LogP contribution in [0.3, 0.4) is 0 Å². The van der Waals surface area contributed by atoms with Crippen LogP contribution in [-0.2, 0) is 14.3 Å². The molecule has 0 bridgehead atoms. The topological polar surface area (TPSA) is 64.6 Å². The molecule has 0 unspecified atom stereocenters. The van der Waals surface area contributed by atoms with Crippen LogP contribution in [-0.4, -0.2) is 25.6 Å². The summed E-state index contributed by atoms with van der Waals surface area (Å²) in [4.78, 5) is 24.4. The Labute approximate surface area is 374 Å². The predicted molar refractivity (Wildman–Crippen MR) is 265 cm³/mol. The summed E-state index contributed by atoms with van der Waals surface area (Å²) in [6.45, 7) is 22.5. The van der Waals surface area contributed by atoms with Gasteiger partial charge in [0, 0.05) is 6.42 Å². The molecule has 0 aliphatic heterocycles. The lowest BCUT2D eigenvalue weighted by molar-refractivity contribution is -0.143. The van der Waals surface area contributed by atoms with Crippen molar-refractivity contribution in [1.29, 1.82) is 0 Å². The highest BCUT2D eigenvalue weighted by Gasteiger charge is 2.10. The van der Waals surface area contributed by atoms with Crippen LogP contribution in [0.25, 0.3) is 0 Å². The van der Waals surface area contributed by atoms with Gasteiger partial charge in [-0.1, -0.05) is 111 Å². The van der Waals surface area contributed by atoms with E-state index in [0.29, 0.717) is 11.4 Å². The SMILES string of the molecule is COc1ccccc1NC(=O)CCC(=O)OC/C=C(\C)CC/C=C(\C)CC/C=C(\C)CC/C=C(\C)CC/C=C(\C)CC/C=C(\C)CC/C=C(\C)CC/C=C(\C)CCC=C(C)C. The lowest BCUT2D eigenvalue weighted by Gasteiger charge is -2.09. The second kappa shape index (κ2) is 34.2. The highest BCUT2D eigenvalue weighted by atomic mass is 16.5. The van der Waals surface area contributed by atoms with Crippen LogP contribution in [0.5, 0.6) is 5.75 Å². The lowest BCUT2D eigenvalue weighted by atomic mass is 10.0. The van der Waals surface area contributed by atoms with Crippen LogP contribution in [0.2, 0.25) is 0 Å². The van der Waals surface area contributed by atoms with E-state index < -0.39 is 0 Å². The summed E-state index contributed by atoms with van der Waals surface area (Å²) in [7, 11) is 1.55. The average molecular weight is 836 g/mol. The van der Waals surface area contributed by atoms with Crippen molar-refractivity contribution in [3.05, 3.63) is 129 Å². The third kappa shape index (κ3) is 31.2. The molecule has 5 nitrogen and oxygen atoms in total. The van der Waals surface area contributed by atoms with Crippen molar-refractivity contribution in [3.8, 4) is 5.75 Å². The number of rotatable bonds is 31. The van der Waals surface area contributed by atoms with Gasteiger partial charge in [-0.2, -0.15) is 0 Å². The first-order valence-electron chi connectivity index (χ1n) is 23.1. The second-order valence-electron chi connectivity index (χ2n) is 17.4. The summed E-state index contributed by atoms with van der Waals surface area (Å²) in [6, 6.07) is 7.19. The number of para-hydroxylation sites is 2. The van der Waals surface area contributed by atoms with Crippen LogP contribution >= 0.6 is 0 Å². The van der Waals surface area contributed by atoms with Gasteiger partial charge in [-0.3, -0.25) is 9.59 Å². The van der Waals surface area contributed by atoms with Gasteiger partial charge in [-0.25, -0.2) is 0 Å². The third-order valence-corrected chi connectivity index (χ3v) is 10.9. The number of carbonyl (C=O) groups excluding carboxylic acids is 2. The molecule has 0 aliphatic rings. The average Bonchev–Trinajstić information content (AvgIpc) is 3.20. The first-order chi connectivity index (χ1) is 29.2. The van der Waals surface area contributed by atoms with E-state index in [-0.39, 0.29) is 31.3 Å². The number of benzene rings is 1. The molecule has 1 N–H and O–H groups in total.